The van der Waals surface area contributed by atoms with Crippen LogP contribution in [0.15, 0.2) is 71.2 Å². The first-order chi connectivity index (χ1) is 18.8. The summed E-state index contributed by atoms with van der Waals surface area (Å²) in [4.78, 5) is 29.3. The number of amides is 2. The fourth-order valence-electron chi connectivity index (χ4n) is 5.10. The average molecular weight is 612 g/mol. The third-order valence-corrected chi connectivity index (χ3v) is 8.76. The minimum Gasteiger partial charge on any atom is -0.484 e. The van der Waals surface area contributed by atoms with E-state index in [0.29, 0.717) is 17.2 Å². The van der Waals surface area contributed by atoms with Crippen molar-refractivity contribution in [3.8, 4) is 5.75 Å². The van der Waals surface area contributed by atoms with E-state index in [4.69, 9.17) is 16.3 Å². The van der Waals surface area contributed by atoms with Crippen molar-refractivity contribution in [1.29, 1.82) is 0 Å². The minimum absolute atomic E-state index is 0.122. The molecule has 3 aromatic rings. The van der Waals surface area contributed by atoms with Crippen molar-refractivity contribution in [3.05, 3.63) is 98.5 Å². The van der Waals surface area contributed by atoms with E-state index in [1.54, 1.807) is 17.0 Å². The van der Waals surface area contributed by atoms with Crippen molar-refractivity contribution in [1.82, 2.24) is 10.2 Å². The van der Waals surface area contributed by atoms with E-state index in [0.717, 1.165) is 52.4 Å². The van der Waals surface area contributed by atoms with Crippen molar-refractivity contribution in [3.63, 3.8) is 0 Å². The summed E-state index contributed by atoms with van der Waals surface area (Å²) in [7, 11) is 0. The van der Waals surface area contributed by atoms with Crippen LogP contribution in [0.25, 0.3) is 0 Å². The van der Waals surface area contributed by atoms with E-state index in [9.17, 15) is 9.59 Å². The SMILES string of the molecule is Cc1cc(OCC(=O)N(Cc2ccc(Cl)cc2)[C@H](Cc2ccccc2)C(=O)NC2CCCCC2)cc(C)c1Br. The van der Waals surface area contributed by atoms with Crippen LogP contribution in [-0.2, 0) is 22.6 Å². The molecule has 5 nitrogen and oxygen atoms in total. The van der Waals surface area contributed by atoms with Crippen LogP contribution in [-0.4, -0.2) is 35.4 Å². The topological polar surface area (TPSA) is 58.6 Å². The molecule has 0 spiro atoms. The molecule has 0 aromatic heterocycles. The fourth-order valence-corrected chi connectivity index (χ4v) is 5.46. The zero-order valence-electron chi connectivity index (χ0n) is 22.6. The zero-order chi connectivity index (χ0) is 27.8. The lowest BCUT2D eigenvalue weighted by atomic mass is 9.94. The van der Waals surface area contributed by atoms with Crippen molar-refractivity contribution < 1.29 is 14.3 Å². The molecule has 1 atom stereocenters. The van der Waals surface area contributed by atoms with Gasteiger partial charge in [-0.1, -0.05) is 89.3 Å². The largest absolute Gasteiger partial charge is 0.484 e. The predicted octanol–water partition coefficient (Wildman–Crippen LogP) is 7.19. The van der Waals surface area contributed by atoms with Crippen LogP contribution in [0.1, 0.15) is 54.4 Å². The van der Waals surface area contributed by atoms with Crippen molar-refractivity contribution >= 4 is 39.3 Å². The van der Waals surface area contributed by atoms with Gasteiger partial charge in [0, 0.05) is 28.5 Å². The standard InChI is InChI=1S/C32H36BrClN2O3/c1-22-17-28(18-23(2)31(22)33)39-21-30(37)36(20-25-13-15-26(34)16-14-25)29(19-24-9-5-3-6-10-24)32(38)35-27-11-7-4-8-12-27/h3,5-6,9-10,13-18,27,29H,4,7-8,11-12,19-21H2,1-2H3,(H,35,38)/t29-/m1/s1. The summed E-state index contributed by atoms with van der Waals surface area (Å²) in [6.07, 6.45) is 5.78. The molecule has 1 N–H and O–H groups in total. The lowest BCUT2D eigenvalue weighted by Crippen LogP contribution is -2.53. The predicted molar refractivity (Wildman–Crippen MR) is 160 cm³/mol. The van der Waals surface area contributed by atoms with Crippen LogP contribution in [0.5, 0.6) is 5.75 Å². The Hall–Kier alpha value is -2.83. The third-order valence-electron chi connectivity index (χ3n) is 7.26. The van der Waals surface area contributed by atoms with E-state index in [-0.39, 0.29) is 31.0 Å². The second-order valence-corrected chi connectivity index (χ2v) is 11.6. The minimum atomic E-state index is -0.686. The highest BCUT2D eigenvalue weighted by atomic mass is 79.9. The fraction of sp³-hybridized carbons (Fsp3) is 0.375. The van der Waals surface area contributed by atoms with Gasteiger partial charge < -0.3 is 15.0 Å². The number of ether oxygens (including phenoxy) is 1. The Bertz CT molecular complexity index is 1240. The summed E-state index contributed by atoms with van der Waals surface area (Å²) in [6, 6.07) is 20.5. The van der Waals surface area contributed by atoms with Gasteiger partial charge in [0.25, 0.3) is 5.91 Å². The Morgan fingerprint density at radius 3 is 2.26 bits per heavy atom. The van der Waals surface area contributed by atoms with Gasteiger partial charge in [-0.2, -0.15) is 0 Å². The second-order valence-electron chi connectivity index (χ2n) is 10.4. The van der Waals surface area contributed by atoms with Gasteiger partial charge in [-0.15, -0.1) is 0 Å². The number of rotatable bonds is 10. The summed E-state index contributed by atoms with van der Waals surface area (Å²) in [5.74, 6) is 0.255. The van der Waals surface area contributed by atoms with Crippen LogP contribution in [0.2, 0.25) is 5.02 Å². The lowest BCUT2D eigenvalue weighted by molar-refractivity contribution is -0.143. The Labute approximate surface area is 245 Å². The maximum absolute atomic E-state index is 13.8. The third kappa shape index (κ3) is 8.33. The van der Waals surface area contributed by atoms with Gasteiger partial charge in [0.05, 0.1) is 0 Å². The summed E-state index contributed by atoms with van der Waals surface area (Å²) >= 11 is 9.71. The number of nitrogens with one attached hydrogen (secondary N) is 1. The van der Waals surface area contributed by atoms with Crippen LogP contribution >= 0.6 is 27.5 Å². The highest BCUT2D eigenvalue weighted by Crippen LogP contribution is 2.27. The van der Waals surface area contributed by atoms with Gasteiger partial charge in [-0.3, -0.25) is 9.59 Å². The summed E-state index contributed by atoms with van der Waals surface area (Å²) in [5, 5.41) is 3.89. The molecule has 1 fully saturated rings. The second kappa shape index (κ2) is 14.0. The van der Waals surface area contributed by atoms with Crippen molar-refractivity contribution in [2.75, 3.05) is 6.61 Å². The van der Waals surface area contributed by atoms with E-state index in [1.807, 2.05) is 68.4 Å². The highest BCUT2D eigenvalue weighted by molar-refractivity contribution is 9.10. The van der Waals surface area contributed by atoms with E-state index >= 15 is 0 Å². The van der Waals surface area contributed by atoms with Crippen molar-refractivity contribution in [2.45, 2.75) is 71.0 Å². The molecule has 1 aliphatic carbocycles. The summed E-state index contributed by atoms with van der Waals surface area (Å²) < 4.78 is 7.01. The van der Waals surface area contributed by atoms with Crippen LogP contribution < -0.4 is 10.1 Å². The number of aryl methyl sites for hydroxylation is 2. The molecular formula is C32H36BrClN2O3. The van der Waals surface area contributed by atoms with E-state index < -0.39 is 6.04 Å². The molecule has 0 radical (unpaired) electrons. The van der Waals surface area contributed by atoms with Gasteiger partial charge in [0.15, 0.2) is 6.61 Å². The van der Waals surface area contributed by atoms with Gasteiger partial charge in [-0.25, -0.2) is 0 Å². The number of carbonyl (C=O) groups is 2. The average Bonchev–Trinajstić information content (AvgIpc) is 2.94. The van der Waals surface area contributed by atoms with Gasteiger partial charge in [-0.05, 0) is 73.2 Å². The van der Waals surface area contributed by atoms with Gasteiger partial charge in [0.2, 0.25) is 5.91 Å². The van der Waals surface area contributed by atoms with Gasteiger partial charge in [0.1, 0.15) is 11.8 Å². The van der Waals surface area contributed by atoms with Crippen LogP contribution in [0, 0.1) is 13.8 Å². The monoisotopic (exact) mass is 610 g/mol. The summed E-state index contributed by atoms with van der Waals surface area (Å²) in [5.41, 5.74) is 3.95. The molecular weight excluding hydrogens is 576 g/mol. The number of carbonyl (C=O) groups excluding carboxylic acids is 2. The molecule has 2 amide bonds. The Balaban J connectivity index is 1.61. The Kier molecular flexibility index (Phi) is 10.5. The number of hydrogen-bond acceptors (Lipinski definition) is 3. The van der Waals surface area contributed by atoms with Crippen LogP contribution in [0.3, 0.4) is 0 Å². The maximum atomic E-state index is 13.8. The molecule has 3 aromatic carbocycles. The Morgan fingerprint density at radius 1 is 0.974 bits per heavy atom. The molecule has 7 heteroatoms. The van der Waals surface area contributed by atoms with Gasteiger partial charge >= 0.3 is 0 Å². The molecule has 1 saturated carbocycles. The highest BCUT2D eigenvalue weighted by Gasteiger charge is 2.32. The first-order valence-corrected chi connectivity index (χ1v) is 14.7. The maximum Gasteiger partial charge on any atom is 0.261 e. The molecule has 0 bridgehead atoms. The van der Waals surface area contributed by atoms with Crippen LogP contribution in [0.4, 0.5) is 0 Å². The number of hydrogen-bond donors (Lipinski definition) is 1. The molecule has 39 heavy (non-hydrogen) atoms. The van der Waals surface area contributed by atoms with Crippen molar-refractivity contribution in [2.24, 2.45) is 0 Å². The molecule has 0 saturated heterocycles. The zero-order valence-corrected chi connectivity index (χ0v) is 24.9. The smallest absolute Gasteiger partial charge is 0.261 e. The van der Waals surface area contributed by atoms with E-state index in [1.165, 1.54) is 6.42 Å². The quantitative estimate of drug-likeness (QED) is 0.264. The Morgan fingerprint density at radius 2 is 1.62 bits per heavy atom. The summed E-state index contributed by atoms with van der Waals surface area (Å²) in [6.45, 7) is 4.08. The molecule has 1 aliphatic rings. The van der Waals surface area contributed by atoms with E-state index in [2.05, 4.69) is 21.2 Å². The molecule has 0 heterocycles. The molecule has 0 aliphatic heterocycles. The molecule has 206 valence electrons. The molecule has 4 rings (SSSR count). The normalized spacial score (nSPS) is 14.5. The molecule has 0 unspecified atom stereocenters. The number of nitrogens with zero attached hydrogens (tertiary/aromatic N) is 1. The lowest BCUT2D eigenvalue weighted by Gasteiger charge is -2.33. The first-order valence-electron chi connectivity index (χ1n) is 13.6. The number of benzene rings is 3. The number of halogens is 2. The first kappa shape index (κ1) is 29.2.